The Labute approximate surface area is 94.8 Å². The highest BCUT2D eigenvalue weighted by molar-refractivity contribution is 6.04. The number of methoxy groups -OCH3 is 1. The SMILES string of the molecule is CCc1ccc2c(C(=O)OC)cccc2c1. The van der Waals surface area contributed by atoms with Crippen molar-refractivity contribution in [2.24, 2.45) is 0 Å². The lowest BCUT2D eigenvalue weighted by atomic mass is 10.0. The van der Waals surface area contributed by atoms with Gasteiger partial charge in [0.05, 0.1) is 12.7 Å². The van der Waals surface area contributed by atoms with Gasteiger partial charge in [0.1, 0.15) is 0 Å². The van der Waals surface area contributed by atoms with Gasteiger partial charge in [0.25, 0.3) is 0 Å². The Kier molecular flexibility index (Phi) is 2.91. The van der Waals surface area contributed by atoms with Crippen molar-refractivity contribution >= 4 is 16.7 Å². The Hall–Kier alpha value is -1.83. The van der Waals surface area contributed by atoms with E-state index in [1.54, 1.807) is 6.07 Å². The summed E-state index contributed by atoms with van der Waals surface area (Å²) >= 11 is 0. The molecule has 0 atom stereocenters. The zero-order valence-corrected chi connectivity index (χ0v) is 9.49. The predicted octanol–water partition coefficient (Wildman–Crippen LogP) is 3.19. The van der Waals surface area contributed by atoms with Crippen LogP contribution in [0, 0.1) is 0 Å². The van der Waals surface area contributed by atoms with Crippen molar-refractivity contribution < 1.29 is 9.53 Å². The second-order valence-corrected chi connectivity index (χ2v) is 3.71. The van der Waals surface area contributed by atoms with Crippen LogP contribution in [0.15, 0.2) is 36.4 Å². The number of carbonyl (C=O) groups is 1. The third-order valence-electron chi connectivity index (χ3n) is 2.76. The molecule has 0 amide bonds. The number of esters is 1. The van der Waals surface area contributed by atoms with Crippen LogP contribution in [-0.2, 0) is 11.2 Å². The fraction of sp³-hybridized carbons (Fsp3) is 0.214. The van der Waals surface area contributed by atoms with E-state index in [2.05, 4.69) is 19.1 Å². The quantitative estimate of drug-likeness (QED) is 0.718. The lowest BCUT2D eigenvalue weighted by Crippen LogP contribution is -2.01. The van der Waals surface area contributed by atoms with Crippen molar-refractivity contribution in [1.82, 2.24) is 0 Å². The predicted molar refractivity (Wildman–Crippen MR) is 64.7 cm³/mol. The summed E-state index contributed by atoms with van der Waals surface area (Å²) in [5.74, 6) is -0.283. The molecule has 2 rings (SSSR count). The number of benzene rings is 2. The number of hydrogen-bond donors (Lipinski definition) is 0. The minimum atomic E-state index is -0.283. The van der Waals surface area contributed by atoms with Gasteiger partial charge in [0.15, 0.2) is 0 Å². The zero-order valence-electron chi connectivity index (χ0n) is 9.49. The maximum Gasteiger partial charge on any atom is 0.338 e. The molecule has 0 aromatic heterocycles. The Morgan fingerprint density at radius 3 is 2.75 bits per heavy atom. The molecule has 0 saturated carbocycles. The monoisotopic (exact) mass is 214 g/mol. The van der Waals surface area contributed by atoms with Gasteiger partial charge in [0.2, 0.25) is 0 Å². The van der Waals surface area contributed by atoms with E-state index in [9.17, 15) is 4.79 Å². The van der Waals surface area contributed by atoms with E-state index in [4.69, 9.17) is 4.74 Å². The first kappa shape index (κ1) is 10.7. The number of fused-ring (bicyclic) bond motifs is 1. The normalized spacial score (nSPS) is 10.4. The molecule has 0 radical (unpaired) electrons. The van der Waals surface area contributed by atoms with Crippen LogP contribution in [-0.4, -0.2) is 13.1 Å². The Morgan fingerprint density at radius 1 is 1.25 bits per heavy atom. The van der Waals surface area contributed by atoms with E-state index in [1.807, 2.05) is 18.2 Å². The topological polar surface area (TPSA) is 26.3 Å². The van der Waals surface area contributed by atoms with Crippen LogP contribution in [0.1, 0.15) is 22.8 Å². The largest absolute Gasteiger partial charge is 0.465 e. The van der Waals surface area contributed by atoms with Crippen molar-refractivity contribution in [3.8, 4) is 0 Å². The molecule has 0 unspecified atom stereocenters. The molecule has 0 bridgehead atoms. The van der Waals surface area contributed by atoms with Crippen LogP contribution in [0.25, 0.3) is 10.8 Å². The molecule has 0 N–H and O–H groups in total. The van der Waals surface area contributed by atoms with Gasteiger partial charge in [-0.2, -0.15) is 0 Å². The first-order chi connectivity index (χ1) is 7.76. The average molecular weight is 214 g/mol. The zero-order chi connectivity index (χ0) is 11.5. The van der Waals surface area contributed by atoms with E-state index in [0.717, 1.165) is 17.2 Å². The summed E-state index contributed by atoms with van der Waals surface area (Å²) in [6, 6.07) is 11.8. The summed E-state index contributed by atoms with van der Waals surface area (Å²) in [6.07, 6.45) is 0.998. The summed E-state index contributed by atoms with van der Waals surface area (Å²) in [5, 5.41) is 2.04. The highest BCUT2D eigenvalue weighted by Gasteiger charge is 2.09. The van der Waals surface area contributed by atoms with E-state index < -0.39 is 0 Å². The van der Waals surface area contributed by atoms with Gasteiger partial charge in [-0.05, 0) is 28.8 Å². The molecule has 2 aromatic rings. The molecule has 0 aliphatic rings. The molecule has 0 heterocycles. The van der Waals surface area contributed by atoms with E-state index in [1.165, 1.54) is 12.7 Å². The highest BCUT2D eigenvalue weighted by atomic mass is 16.5. The average Bonchev–Trinajstić information content (AvgIpc) is 2.36. The second-order valence-electron chi connectivity index (χ2n) is 3.71. The Morgan fingerprint density at radius 2 is 2.06 bits per heavy atom. The van der Waals surface area contributed by atoms with Crippen LogP contribution in [0.4, 0.5) is 0 Å². The van der Waals surface area contributed by atoms with Gasteiger partial charge >= 0.3 is 5.97 Å². The van der Waals surface area contributed by atoms with Crippen LogP contribution in [0.3, 0.4) is 0 Å². The summed E-state index contributed by atoms with van der Waals surface area (Å²) in [4.78, 5) is 11.6. The standard InChI is InChI=1S/C14H14O2/c1-3-10-7-8-12-11(9-10)5-4-6-13(12)14(15)16-2/h4-9H,3H2,1-2H3. The van der Waals surface area contributed by atoms with E-state index in [-0.39, 0.29) is 5.97 Å². The number of hydrogen-bond acceptors (Lipinski definition) is 2. The molecule has 2 nitrogen and oxygen atoms in total. The third kappa shape index (κ3) is 1.78. The van der Waals surface area contributed by atoms with Crippen molar-refractivity contribution in [1.29, 1.82) is 0 Å². The molecule has 0 aliphatic carbocycles. The van der Waals surface area contributed by atoms with Crippen LogP contribution >= 0.6 is 0 Å². The van der Waals surface area contributed by atoms with Crippen LogP contribution in [0.5, 0.6) is 0 Å². The van der Waals surface area contributed by atoms with Gasteiger partial charge < -0.3 is 4.74 Å². The molecule has 2 heteroatoms. The summed E-state index contributed by atoms with van der Waals surface area (Å²) < 4.78 is 4.76. The molecule has 82 valence electrons. The maximum absolute atomic E-state index is 11.6. The summed E-state index contributed by atoms with van der Waals surface area (Å²) in [7, 11) is 1.40. The number of rotatable bonds is 2. The van der Waals surface area contributed by atoms with Gasteiger partial charge in [-0.3, -0.25) is 0 Å². The molecule has 0 fully saturated rings. The lowest BCUT2D eigenvalue weighted by molar-refractivity contribution is 0.0603. The number of ether oxygens (including phenoxy) is 1. The third-order valence-corrected chi connectivity index (χ3v) is 2.76. The summed E-state index contributed by atoms with van der Waals surface area (Å²) in [6.45, 7) is 2.12. The fourth-order valence-electron chi connectivity index (χ4n) is 1.84. The highest BCUT2D eigenvalue weighted by Crippen LogP contribution is 2.21. The van der Waals surface area contributed by atoms with Crippen molar-refractivity contribution in [2.75, 3.05) is 7.11 Å². The van der Waals surface area contributed by atoms with Gasteiger partial charge in [0, 0.05) is 0 Å². The van der Waals surface area contributed by atoms with E-state index >= 15 is 0 Å². The first-order valence-electron chi connectivity index (χ1n) is 5.36. The van der Waals surface area contributed by atoms with E-state index in [0.29, 0.717) is 5.56 Å². The van der Waals surface area contributed by atoms with Gasteiger partial charge in [-0.15, -0.1) is 0 Å². The second kappa shape index (κ2) is 4.35. The fourth-order valence-corrected chi connectivity index (χ4v) is 1.84. The van der Waals surface area contributed by atoms with Crippen molar-refractivity contribution in [2.45, 2.75) is 13.3 Å². The number of carbonyl (C=O) groups excluding carboxylic acids is 1. The molecule has 0 spiro atoms. The maximum atomic E-state index is 11.6. The Balaban J connectivity index is 2.65. The lowest BCUT2D eigenvalue weighted by Gasteiger charge is -2.06. The van der Waals surface area contributed by atoms with Crippen LogP contribution in [0.2, 0.25) is 0 Å². The Bertz CT molecular complexity index is 529. The van der Waals surface area contributed by atoms with Crippen molar-refractivity contribution in [3.63, 3.8) is 0 Å². The first-order valence-corrected chi connectivity index (χ1v) is 5.36. The molecule has 2 aromatic carbocycles. The van der Waals surface area contributed by atoms with Crippen molar-refractivity contribution in [3.05, 3.63) is 47.5 Å². The minimum Gasteiger partial charge on any atom is -0.465 e. The molecular formula is C14H14O2. The molecule has 0 aliphatic heterocycles. The smallest absolute Gasteiger partial charge is 0.338 e. The van der Waals surface area contributed by atoms with Crippen LogP contribution < -0.4 is 0 Å². The van der Waals surface area contributed by atoms with Gasteiger partial charge in [-0.25, -0.2) is 4.79 Å². The molecule has 0 saturated heterocycles. The number of aryl methyl sites for hydroxylation is 1. The minimum absolute atomic E-state index is 0.283. The summed E-state index contributed by atoms with van der Waals surface area (Å²) in [5.41, 5.74) is 1.90. The molecular weight excluding hydrogens is 200 g/mol. The molecule has 16 heavy (non-hydrogen) atoms. The van der Waals surface area contributed by atoms with Gasteiger partial charge in [-0.1, -0.05) is 37.3 Å².